The van der Waals surface area contributed by atoms with Crippen LogP contribution in [0.2, 0.25) is 0 Å². The van der Waals surface area contributed by atoms with Gasteiger partial charge in [-0.2, -0.15) is 0 Å². The topological polar surface area (TPSA) is 100 Å². The minimum absolute atomic E-state index is 0.0240. The summed E-state index contributed by atoms with van der Waals surface area (Å²) in [5.41, 5.74) is 5.72. The molecule has 188 valence electrons. The van der Waals surface area contributed by atoms with Crippen molar-refractivity contribution in [2.24, 2.45) is 0 Å². The molecule has 5 N–H and O–H groups in total. The minimum atomic E-state index is -0.928. The summed E-state index contributed by atoms with van der Waals surface area (Å²) >= 11 is 2.47. The van der Waals surface area contributed by atoms with E-state index in [0.29, 0.717) is 10.7 Å². The van der Waals surface area contributed by atoms with E-state index in [9.17, 15) is 18.7 Å². The Bertz CT molecular complexity index is 1150. The van der Waals surface area contributed by atoms with Gasteiger partial charge in [-0.15, -0.1) is 0 Å². The lowest BCUT2D eigenvalue weighted by atomic mass is 10.00. The van der Waals surface area contributed by atoms with Gasteiger partial charge in [0.25, 0.3) is 0 Å². The Balaban J connectivity index is 1.59. The van der Waals surface area contributed by atoms with Gasteiger partial charge in [0.2, 0.25) is 5.78 Å². The van der Waals surface area contributed by atoms with Crippen LogP contribution in [0.4, 0.5) is 25.4 Å². The van der Waals surface area contributed by atoms with Crippen LogP contribution in [-0.4, -0.2) is 27.5 Å². The highest BCUT2D eigenvalue weighted by atomic mass is 32.2. The number of nitrogens with one attached hydrogen (secondary N) is 2. The van der Waals surface area contributed by atoms with Gasteiger partial charge >= 0.3 is 0 Å². The van der Waals surface area contributed by atoms with Crippen molar-refractivity contribution >= 4 is 45.7 Å². The molecule has 35 heavy (non-hydrogen) atoms. The fraction of sp³-hybridized carbons (Fsp3) is 0.360. The summed E-state index contributed by atoms with van der Waals surface area (Å²) in [7, 11) is 0. The molecule has 1 atom stereocenters. The van der Waals surface area contributed by atoms with E-state index in [1.165, 1.54) is 11.9 Å². The van der Waals surface area contributed by atoms with Crippen LogP contribution in [-0.2, 0) is 0 Å². The number of nitrogens with zero attached hydrogens (tertiary/aromatic N) is 1. The molecular formula is C25H30F2N4O2S2. The van der Waals surface area contributed by atoms with Gasteiger partial charge in [0, 0.05) is 16.6 Å². The van der Waals surface area contributed by atoms with Crippen molar-refractivity contribution in [2.45, 2.75) is 63.5 Å². The summed E-state index contributed by atoms with van der Waals surface area (Å²) in [6.07, 6.45) is 2.65. The number of aryl methyl sites for hydroxylation is 1. The van der Waals surface area contributed by atoms with Gasteiger partial charge in [0.1, 0.15) is 22.3 Å². The first kappa shape index (κ1) is 27.1. The molecule has 1 unspecified atom stereocenters. The molecule has 0 saturated carbocycles. The van der Waals surface area contributed by atoms with Crippen molar-refractivity contribution in [3.05, 3.63) is 64.0 Å². The molecule has 0 saturated heterocycles. The third kappa shape index (κ3) is 7.73. The number of carbonyl (C=O) groups excluding carboxylic acids is 1. The van der Waals surface area contributed by atoms with E-state index in [-0.39, 0.29) is 16.7 Å². The van der Waals surface area contributed by atoms with Crippen LogP contribution >= 0.6 is 23.3 Å². The lowest BCUT2D eigenvalue weighted by Gasteiger charge is -2.18. The zero-order valence-corrected chi connectivity index (χ0v) is 21.7. The largest absolute Gasteiger partial charge is 0.390 e. The average molecular weight is 521 g/mol. The molecule has 0 aliphatic carbocycles. The van der Waals surface area contributed by atoms with Gasteiger partial charge in [0.05, 0.1) is 11.2 Å². The van der Waals surface area contributed by atoms with E-state index < -0.39 is 28.6 Å². The minimum Gasteiger partial charge on any atom is -0.390 e. The van der Waals surface area contributed by atoms with Gasteiger partial charge in [-0.25, -0.2) is 13.8 Å². The van der Waals surface area contributed by atoms with Crippen molar-refractivity contribution in [2.75, 3.05) is 11.1 Å². The number of nitrogens with two attached hydrogens (primary N) is 1. The number of hydrogen-bond acceptors (Lipinski definition) is 8. The van der Waals surface area contributed by atoms with E-state index in [2.05, 4.69) is 21.9 Å². The molecule has 1 aromatic heterocycles. The number of benzene rings is 2. The number of anilines is 3. The van der Waals surface area contributed by atoms with Crippen molar-refractivity contribution in [3.63, 3.8) is 0 Å². The molecule has 0 spiro atoms. The third-order valence-corrected chi connectivity index (χ3v) is 7.20. The standard InChI is InChI=1S/C25H30F2N4O2S2/c1-14-12-18(26)20(19(27)13-14)21(32)22-23(28)30-24(34-22)29-16-7-9-17(10-8-16)35-31-15(2)6-5-11-25(3,4)33/h7-10,12-13,15,31,33H,5-6,11,28H2,1-4H3,(H,29,30). The third-order valence-electron chi connectivity index (χ3n) is 5.18. The summed E-state index contributed by atoms with van der Waals surface area (Å²) in [6, 6.07) is 10.1. The van der Waals surface area contributed by atoms with Gasteiger partial charge in [-0.05, 0) is 101 Å². The average Bonchev–Trinajstić information content (AvgIpc) is 3.11. The SMILES string of the molecule is Cc1cc(F)c(C(=O)c2sc(Nc3ccc(SNC(C)CCCC(C)(C)O)cc3)nc2N)c(F)c1. The van der Waals surface area contributed by atoms with Crippen molar-refractivity contribution < 1.29 is 18.7 Å². The first-order valence-electron chi connectivity index (χ1n) is 11.2. The molecule has 10 heteroatoms. The highest BCUT2D eigenvalue weighted by Gasteiger charge is 2.24. The summed E-state index contributed by atoms with van der Waals surface area (Å²) in [5.74, 6) is -2.78. The van der Waals surface area contributed by atoms with Gasteiger partial charge < -0.3 is 16.2 Å². The maximum Gasteiger partial charge on any atom is 0.212 e. The number of carbonyl (C=O) groups is 1. The molecule has 3 rings (SSSR count). The fourth-order valence-corrected chi connectivity index (χ4v) is 4.96. The van der Waals surface area contributed by atoms with Gasteiger partial charge in [-0.1, -0.05) is 11.3 Å². The van der Waals surface area contributed by atoms with Crippen LogP contribution in [0.15, 0.2) is 41.3 Å². The Morgan fingerprint density at radius 2 is 1.86 bits per heavy atom. The molecule has 0 fully saturated rings. The van der Waals surface area contributed by atoms with Crippen molar-refractivity contribution in [3.8, 4) is 0 Å². The van der Waals surface area contributed by atoms with E-state index in [1.807, 2.05) is 38.1 Å². The Morgan fingerprint density at radius 3 is 2.46 bits per heavy atom. The van der Waals surface area contributed by atoms with E-state index in [1.54, 1.807) is 6.92 Å². The fourth-order valence-electron chi connectivity index (χ4n) is 3.38. The summed E-state index contributed by atoms with van der Waals surface area (Å²) in [6.45, 7) is 7.28. The summed E-state index contributed by atoms with van der Waals surface area (Å²) in [5, 5.41) is 13.2. The summed E-state index contributed by atoms with van der Waals surface area (Å²) in [4.78, 5) is 17.9. The normalized spacial score (nSPS) is 12.5. The predicted molar refractivity (Wildman–Crippen MR) is 139 cm³/mol. The van der Waals surface area contributed by atoms with Crippen LogP contribution in [0.25, 0.3) is 0 Å². The molecular weight excluding hydrogens is 490 g/mol. The highest BCUT2D eigenvalue weighted by Crippen LogP contribution is 2.31. The Kier molecular flexibility index (Phi) is 8.87. The number of aliphatic hydroxyl groups is 1. The molecule has 0 aliphatic rings. The molecule has 1 heterocycles. The predicted octanol–water partition coefficient (Wildman–Crippen LogP) is 6.21. The molecule has 0 bridgehead atoms. The molecule has 0 aliphatic heterocycles. The lowest BCUT2D eigenvalue weighted by Crippen LogP contribution is -2.22. The number of hydrogen-bond donors (Lipinski definition) is 4. The van der Waals surface area contributed by atoms with Crippen LogP contribution < -0.4 is 15.8 Å². The quantitative estimate of drug-likeness (QED) is 0.176. The molecule has 3 aromatic rings. The van der Waals surface area contributed by atoms with E-state index >= 15 is 0 Å². The Labute approximate surface area is 212 Å². The molecule has 2 aromatic carbocycles. The smallest absolute Gasteiger partial charge is 0.212 e. The highest BCUT2D eigenvalue weighted by molar-refractivity contribution is 7.97. The Morgan fingerprint density at radius 1 is 1.23 bits per heavy atom. The van der Waals surface area contributed by atoms with Crippen molar-refractivity contribution in [1.29, 1.82) is 0 Å². The van der Waals surface area contributed by atoms with E-state index in [4.69, 9.17) is 5.73 Å². The number of aromatic nitrogens is 1. The summed E-state index contributed by atoms with van der Waals surface area (Å²) < 4.78 is 31.9. The number of thiazole rings is 1. The maximum absolute atomic E-state index is 14.2. The van der Waals surface area contributed by atoms with Crippen LogP contribution in [0, 0.1) is 18.6 Å². The van der Waals surface area contributed by atoms with Crippen LogP contribution in [0.5, 0.6) is 0 Å². The number of ketones is 1. The zero-order chi connectivity index (χ0) is 25.8. The van der Waals surface area contributed by atoms with Crippen LogP contribution in [0.3, 0.4) is 0 Å². The number of halogens is 2. The van der Waals surface area contributed by atoms with Gasteiger partial charge in [0.15, 0.2) is 5.13 Å². The number of rotatable bonds is 11. The van der Waals surface area contributed by atoms with Gasteiger partial charge in [-0.3, -0.25) is 9.52 Å². The Hall–Kier alpha value is -2.53. The van der Waals surface area contributed by atoms with E-state index in [0.717, 1.165) is 53.3 Å². The first-order valence-corrected chi connectivity index (χ1v) is 12.8. The monoisotopic (exact) mass is 520 g/mol. The zero-order valence-electron chi connectivity index (χ0n) is 20.1. The second-order valence-corrected chi connectivity index (χ2v) is 11.1. The van der Waals surface area contributed by atoms with Crippen LogP contribution in [0.1, 0.15) is 60.8 Å². The lowest BCUT2D eigenvalue weighted by molar-refractivity contribution is 0.0677. The number of nitrogen functional groups attached to an aromatic ring is 1. The first-order chi connectivity index (χ1) is 16.4. The second kappa shape index (κ2) is 11.5. The molecule has 6 nitrogen and oxygen atoms in total. The molecule has 0 radical (unpaired) electrons. The molecule has 0 amide bonds. The second-order valence-electron chi connectivity index (χ2n) is 9.14. The van der Waals surface area contributed by atoms with Crippen molar-refractivity contribution in [1.82, 2.24) is 9.71 Å². The maximum atomic E-state index is 14.2.